The molecule has 1 aromatic rings. The lowest BCUT2D eigenvalue weighted by Crippen LogP contribution is -2.39. The van der Waals surface area contributed by atoms with Crippen LogP contribution in [0, 0.1) is 0 Å². The van der Waals surface area contributed by atoms with Gasteiger partial charge in [-0.05, 0) is 25.0 Å². The van der Waals surface area contributed by atoms with Gasteiger partial charge in [-0.15, -0.1) is 0 Å². The number of hydrogen-bond donors (Lipinski definition) is 1. The van der Waals surface area contributed by atoms with Gasteiger partial charge in [-0.2, -0.15) is 0 Å². The highest BCUT2D eigenvalue weighted by Crippen LogP contribution is 2.32. The number of urea groups is 1. The topological polar surface area (TPSA) is 88.2 Å². The van der Waals surface area contributed by atoms with E-state index in [-0.39, 0.29) is 18.5 Å². The third kappa shape index (κ3) is 2.88. The van der Waals surface area contributed by atoms with E-state index in [0.717, 1.165) is 17.7 Å². The molecule has 0 saturated carbocycles. The molecule has 0 aliphatic carbocycles. The van der Waals surface area contributed by atoms with Crippen LogP contribution >= 0.6 is 0 Å². The standard InChI is InChI=1S/C17H19N3O5/c21-15(10-20-16(22)12-3-1-6-19(12)17(20)23)18-11-4-5-13-14(9-11)25-8-2-7-24-13/h4-5,9,12H,1-3,6-8,10H2,(H,18,21). The lowest BCUT2D eigenvalue weighted by molar-refractivity contribution is -0.131. The van der Waals surface area contributed by atoms with Crippen molar-refractivity contribution in [2.75, 3.05) is 31.6 Å². The van der Waals surface area contributed by atoms with Gasteiger partial charge in [-0.3, -0.25) is 14.5 Å². The van der Waals surface area contributed by atoms with Crippen LogP contribution in [0.2, 0.25) is 0 Å². The summed E-state index contributed by atoms with van der Waals surface area (Å²) in [5.74, 6) is 0.513. The maximum absolute atomic E-state index is 12.3. The molecule has 4 amide bonds. The van der Waals surface area contributed by atoms with E-state index >= 15 is 0 Å². The number of carbonyl (C=O) groups is 3. The van der Waals surface area contributed by atoms with Gasteiger partial charge < -0.3 is 19.7 Å². The number of hydrogen-bond acceptors (Lipinski definition) is 5. The molecule has 8 heteroatoms. The maximum atomic E-state index is 12.3. The molecule has 4 rings (SSSR count). The largest absolute Gasteiger partial charge is 0.490 e. The molecule has 3 aliphatic rings. The second-order valence-corrected chi connectivity index (χ2v) is 6.32. The van der Waals surface area contributed by atoms with E-state index in [2.05, 4.69) is 5.32 Å². The monoisotopic (exact) mass is 345 g/mol. The molecule has 8 nitrogen and oxygen atoms in total. The minimum Gasteiger partial charge on any atom is -0.490 e. The van der Waals surface area contributed by atoms with Crippen LogP contribution in [0.1, 0.15) is 19.3 Å². The Labute approximate surface area is 144 Å². The smallest absolute Gasteiger partial charge is 0.327 e. The van der Waals surface area contributed by atoms with E-state index in [1.807, 2.05) is 0 Å². The Morgan fingerprint density at radius 1 is 1.16 bits per heavy atom. The third-order valence-electron chi connectivity index (χ3n) is 4.61. The fraction of sp³-hybridized carbons (Fsp3) is 0.471. The summed E-state index contributed by atoms with van der Waals surface area (Å²) in [5.41, 5.74) is 0.536. The zero-order valence-corrected chi connectivity index (χ0v) is 13.7. The minimum absolute atomic E-state index is 0.279. The molecule has 3 aliphatic heterocycles. The Kier molecular flexibility index (Phi) is 3.95. The van der Waals surface area contributed by atoms with Gasteiger partial charge in [-0.1, -0.05) is 0 Å². The summed E-state index contributed by atoms with van der Waals surface area (Å²) >= 11 is 0. The van der Waals surface area contributed by atoms with Crippen LogP contribution in [0.25, 0.3) is 0 Å². The fourth-order valence-corrected chi connectivity index (χ4v) is 3.41. The van der Waals surface area contributed by atoms with Crippen LogP contribution in [0.15, 0.2) is 18.2 Å². The number of rotatable bonds is 3. The Morgan fingerprint density at radius 2 is 1.96 bits per heavy atom. The second-order valence-electron chi connectivity index (χ2n) is 6.32. The molecular formula is C17H19N3O5. The van der Waals surface area contributed by atoms with Crippen LogP contribution in [0.4, 0.5) is 10.5 Å². The highest BCUT2D eigenvalue weighted by molar-refractivity contribution is 6.08. The number of nitrogens with one attached hydrogen (secondary N) is 1. The van der Waals surface area contributed by atoms with E-state index in [4.69, 9.17) is 9.47 Å². The summed E-state index contributed by atoms with van der Waals surface area (Å²) < 4.78 is 11.1. The Hall–Kier alpha value is -2.77. The van der Waals surface area contributed by atoms with Gasteiger partial charge in [0.2, 0.25) is 5.91 Å². The lowest BCUT2D eigenvalue weighted by Gasteiger charge is -2.15. The quantitative estimate of drug-likeness (QED) is 0.832. The van der Waals surface area contributed by atoms with Crippen molar-refractivity contribution in [2.24, 2.45) is 0 Å². The highest BCUT2D eigenvalue weighted by atomic mass is 16.5. The Bertz CT molecular complexity index is 713. The van der Waals surface area contributed by atoms with Crippen molar-refractivity contribution in [2.45, 2.75) is 25.3 Å². The van der Waals surface area contributed by atoms with Crippen LogP contribution in [0.3, 0.4) is 0 Å². The van der Waals surface area contributed by atoms with Gasteiger partial charge in [0, 0.05) is 24.7 Å². The summed E-state index contributed by atoms with van der Waals surface area (Å²) in [6.07, 6.45) is 2.30. The minimum atomic E-state index is -0.419. The Balaban J connectivity index is 1.42. The first kappa shape index (κ1) is 15.7. The van der Waals surface area contributed by atoms with Gasteiger partial charge in [-0.25, -0.2) is 4.79 Å². The van der Waals surface area contributed by atoms with Crippen molar-refractivity contribution in [1.29, 1.82) is 0 Å². The van der Waals surface area contributed by atoms with Crippen LogP contribution in [-0.4, -0.2) is 60.0 Å². The first-order valence-corrected chi connectivity index (χ1v) is 8.45. The maximum Gasteiger partial charge on any atom is 0.327 e. The molecule has 25 heavy (non-hydrogen) atoms. The number of benzene rings is 1. The second kappa shape index (κ2) is 6.27. The molecule has 1 N–H and O–H groups in total. The normalized spacial score (nSPS) is 22.0. The van der Waals surface area contributed by atoms with Crippen LogP contribution in [-0.2, 0) is 9.59 Å². The van der Waals surface area contributed by atoms with E-state index < -0.39 is 11.9 Å². The van der Waals surface area contributed by atoms with Gasteiger partial charge in [0.25, 0.3) is 5.91 Å². The van der Waals surface area contributed by atoms with Crippen molar-refractivity contribution >= 4 is 23.5 Å². The average Bonchev–Trinajstić information content (AvgIpc) is 3.07. The molecule has 2 fully saturated rings. The van der Waals surface area contributed by atoms with Gasteiger partial charge in [0.1, 0.15) is 12.6 Å². The van der Waals surface area contributed by atoms with Crippen molar-refractivity contribution in [1.82, 2.24) is 9.80 Å². The third-order valence-corrected chi connectivity index (χ3v) is 4.61. The first-order valence-electron chi connectivity index (χ1n) is 8.45. The summed E-state index contributed by atoms with van der Waals surface area (Å²) in [5, 5.41) is 2.71. The molecule has 0 bridgehead atoms. The Morgan fingerprint density at radius 3 is 2.76 bits per heavy atom. The van der Waals surface area contributed by atoms with Crippen molar-refractivity contribution in [3.63, 3.8) is 0 Å². The van der Waals surface area contributed by atoms with E-state index in [0.29, 0.717) is 43.4 Å². The lowest BCUT2D eigenvalue weighted by atomic mass is 10.2. The number of amides is 4. The molecule has 0 spiro atoms. The van der Waals surface area contributed by atoms with Crippen molar-refractivity contribution < 1.29 is 23.9 Å². The number of carbonyl (C=O) groups excluding carboxylic acids is 3. The fourth-order valence-electron chi connectivity index (χ4n) is 3.41. The number of imide groups is 1. The zero-order chi connectivity index (χ0) is 17.4. The molecule has 2 saturated heterocycles. The molecular weight excluding hydrogens is 326 g/mol. The molecule has 1 unspecified atom stereocenters. The van der Waals surface area contributed by atoms with Crippen molar-refractivity contribution in [3.8, 4) is 11.5 Å². The number of ether oxygens (including phenoxy) is 2. The number of nitrogens with zero attached hydrogens (tertiary/aromatic N) is 2. The van der Waals surface area contributed by atoms with Crippen LogP contribution < -0.4 is 14.8 Å². The summed E-state index contributed by atoms with van der Waals surface area (Å²) in [7, 11) is 0. The summed E-state index contributed by atoms with van der Waals surface area (Å²) in [4.78, 5) is 39.3. The van der Waals surface area contributed by atoms with Crippen molar-refractivity contribution in [3.05, 3.63) is 18.2 Å². The molecule has 1 atom stereocenters. The van der Waals surface area contributed by atoms with Gasteiger partial charge >= 0.3 is 6.03 Å². The van der Waals surface area contributed by atoms with E-state index in [9.17, 15) is 14.4 Å². The number of fused-ring (bicyclic) bond motifs is 2. The number of anilines is 1. The summed E-state index contributed by atoms with van der Waals surface area (Å²) in [6, 6.07) is 4.36. The highest BCUT2D eigenvalue weighted by Gasteiger charge is 2.47. The van der Waals surface area contributed by atoms with Crippen LogP contribution in [0.5, 0.6) is 11.5 Å². The average molecular weight is 345 g/mol. The molecule has 132 valence electrons. The molecule has 0 radical (unpaired) electrons. The predicted molar refractivity (Wildman–Crippen MR) is 87.5 cm³/mol. The molecule has 3 heterocycles. The SMILES string of the molecule is O=C(CN1C(=O)C2CCCN2C1=O)Nc1ccc2c(c1)OCCCO2. The summed E-state index contributed by atoms with van der Waals surface area (Å²) in [6.45, 7) is 1.45. The van der Waals surface area contributed by atoms with Gasteiger partial charge in [0.15, 0.2) is 11.5 Å². The first-order chi connectivity index (χ1) is 12.1. The molecule has 1 aromatic carbocycles. The zero-order valence-electron chi connectivity index (χ0n) is 13.7. The van der Waals surface area contributed by atoms with E-state index in [1.165, 1.54) is 0 Å². The molecule has 0 aromatic heterocycles. The van der Waals surface area contributed by atoms with E-state index in [1.54, 1.807) is 23.1 Å². The predicted octanol–water partition coefficient (Wildman–Crippen LogP) is 1.21. The van der Waals surface area contributed by atoms with Gasteiger partial charge in [0.05, 0.1) is 13.2 Å².